The molecule has 0 heterocycles. The Labute approximate surface area is 88.2 Å². The molecule has 1 atom stereocenters. The van der Waals surface area contributed by atoms with Gasteiger partial charge in [0.25, 0.3) is 5.91 Å². The lowest BCUT2D eigenvalue weighted by atomic mass is 10.1. The van der Waals surface area contributed by atoms with Crippen molar-refractivity contribution in [2.75, 3.05) is 13.7 Å². The summed E-state index contributed by atoms with van der Waals surface area (Å²) in [6, 6.07) is 0. The minimum Gasteiger partial charge on any atom is -0.479 e. The van der Waals surface area contributed by atoms with E-state index in [1.165, 1.54) is 7.11 Å². The number of aliphatic carboxylic acids is 1. The summed E-state index contributed by atoms with van der Waals surface area (Å²) in [6.45, 7) is 3.28. The molecule has 6 heteroatoms. The van der Waals surface area contributed by atoms with Crippen LogP contribution in [-0.4, -0.2) is 47.4 Å². The first kappa shape index (κ1) is 13.9. The molecule has 0 aliphatic heterocycles. The van der Waals surface area contributed by atoms with Gasteiger partial charge in [-0.3, -0.25) is 4.79 Å². The lowest BCUT2D eigenvalue weighted by Gasteiger charge is -2.21. The van der Waals surface area contributed by atoms with Gasteiger partial charge in [0.15, 0.2) is 6.10 Å². The van der Waals surface area contributed by atoms with Gasteiger partial charge >= 0.3 is 5.97 Å². The maximum Gasteiger partial charge on any atom is 0.332 e. The maximum atomic E-state index is 11.4. The Morgan fingerprint density at radius 1 is 1.47 bits per heavy atom. The molecule has 0 saturated carbocycles. The van der Waals surface area contributed by atoms with Gasteiger partial charge in [-0.1, -0.05) is 0 Å². The second-order valence-corrected chi connectivity index (χ2v) is 3.61. The fourth-order valence-electron chi connectivity index (χ4n) is 0.751. The van der Waals surface area contributed by atoms with E-state index in [1.54, 1.807) is 13.8 Å². The Morgan fingerprint density at radius 2 is 2.00 bits per heavy atom. The number of hydrogen-bond donors (Lipinski definition) is 3. The standard InChI is InChI=1S/C9H17NO5/c1-9(2,15-3)8(14)10-5-4-6(11)7(12)13/h6,11H,4-5H2,1-3H3,(H,10,14)(H,12,13). The second-order valence-electron chi connectivity index (χ2n) is 3.61. The van der Waals surface area contributed by atoms with Gasteiger partial charge in [0, 0.05) is 20.1 Å². The summed E-state index contributed by atoms with van der Waals surface area (Å²) in [4.78, 5) is 21.6. The van der Waals surface area contributed by atoms with Crippen LogP contribution in [0.1, 0.15) is 20.3 Å². The Kier molecular flexibility index (Phi) is 5.24. The van der Waals surface area contributed by atoms with Crippen LogP contribution in [-0.2, 0) is 14.3 Å². The van der Waals surface area contributed by atoms with Crippen molar-refractivity contribution in [1.82, 2.24) is 5.32 Å². The Bertz CT molecular complexity index is 239. The molecule has 88 valence electrons. The first-order valence-corrected chi connectivity index (χ1v) is 4.55. The molecule has 0 rings (SSSR count). The molecule has 15 heavy (non-hydrogen) atoms. The number of methoxy groups -OCH3 is 1. The Morgan fingerprint density at radius 3 is 2.40 bits per heavy atom. The number of carboxylic acids is 1. The molecule has 0 fully saturated rings. The first-order valence-electron chi connectivity index (χ1n) is 4.55. The van der Waals surface area contributed by atoms with E-state index < -0.39 is 17.7 Å². The molecule has 0 aromatic rings. The van der Waals surface area contributed by atoms with Crippen LogP contribution in [0.4, 0.5) is 0 Å². The summed E-state index contributed by atoms with van der Waals surface area (Å²) in [5, 5.41) is 19.8. The summed E-state index contributed by atoms with van der Waals surface area (Å²) >= 11 is 0. The molecule has 0 aromatic carbocycles. The second kappa shape index (κ2) is 5.67. The molecule has 0 aromatic heterocycles. The zero-order valence-corrected chi connectivity index (χ0v) is 9.11. The van der Waals surface area contributed by atoms with Crippen LogP contribution in [0.3, 0.4) is 0 Å². The van der Waals surface area contributed by atoms with Gasteiger partial charge in [-0.15, -0.1) is 0 Å². The molecule has 0 aliphatic carbocycles. The minimum absolute atomic E-state index is 0.0269. The monoisotopic (exact) mass is 219 g/mol. The predicted molar refractivity (Wildman–Crippen MR) is 52.4 cm³/mol. The maximum absolute atomic E-state index is 11.4. The average Bonchev–Trinajstić information content (AvgIpc) is 2.17. The highest BCUT2D eigenvalue weighted by atomic mass is 16.5. The van der Waals surface area contributed by atoms with Crippen molar-refractivity contribution >= 4 is 11.9 Å². The molecular weight excluding hydrogens is 202 g/mol. The lowest BCUT2D eigenvalue weighted by molar-refractivity contribution is -0.147. The van der Waals surface area contributed by atoms with E-state index in [2.05, 4.69) is 5.32 Å². The molecule has 0 aliphatic rings. The number of carbonyl (C=O) groups excluding carboxylic acids is 1. The van der Waals surface area contributed by atoms with E-state index in [0.717, 1.165) is 0 Å². The highest BCUT2D eigenvalue weighted by Crippen LogP contribution is 2.06. The molecule has 3 N–H and O–H groups in total. The highest BCUT2D eigenvalue weighted by Gasteiger charge is 2.26. The number of nitrogens with one attached hydrogen (secondary N) is 1. The van der Waals surface area contributed by atoms with Crippen molar-refractivity contribution in [2.24, 2.45) is 0 Å². The number of amides is 1. The van der Waals surface area contributed by atoms with Crippen LogP contribution in [0.25, 0.3) is 0 Å². The van der Waals surface area contributed by atoms with Crippen molar-refractivity contribution in [3.8, 4) is 0 Å². The van der Waals surface area contributed by atoms with Gasteiger partial charge in [0.2, 0.25) is 0 Å². The van der Waals surface area contributed by atoms with E-state index in [9.17, 15) is 9.59 Å². The third kappa shape index (κ3) is 4.75. The number of aliphatic hydroxyl groups excluding tert-OH is 1. The molecule has 0 bridgehead atoms. The Hall–Kier alpha value is -1.14. The molecule has 6 nitrogen and oxygen atoms in total. The molecule has 0 saturated heterocycles. The van der Waals surface area contributed by atoms with Gasteiger partial charge in [0.05, 0.1) is 0 Å². The van der Waals surface area contributed by atoms with Crippen LogP contribution in [0.15, 0.2) is 0 Å². The molecule has 0 spiro atoms. The van der Waals surface area contributed by atoms with Crippen LogP contribution in [0.5, 0.6) is 0 Å². The van der Waals surface area contributed by atoms with Crippen molar-refractivity contribution < 1.29 is 24.5 Å². The molecule has 1 unspecified atom stereocenters. The number of aliphatic hydroxyl groups is 1. The van der Waals surface area contributed by atoms with Gasteiger partial charge in [-0.2, -0.15) is 0 Å². The number of hydrogen-bond acceptors (Lipinski definition) is 4. The normalized spacial score (nSPS) is 13.3. The van der Waals surface area contributed by atoms with E-state index >= 15 is 0 Å². The summed E-state index contributed by atoms with van der Waals surface area (Å²) in [5.41, 5.74) is -0.950. The molecular formula is C9H17NO5. The van der Waals surface area contributed by atoms with Gasteiger partial charge in [-0.05, 0) is 13.8 Å². The topological polar surface area (TPSA) is 95.9 Å². The summed E-state index contributed by atoms with van der Waals surface area (Å²) < 4.78 is 4.91. The zero-order valence-electron chi connectivity index (χ0n) is 9.11. The quantitative estimate of drug-likeness (QED) is 0.552. The third-order valence-corrected chi connectivity index (χ3v) is 2.05. The van der Waals surface area contributed by atoms with Gasteiger partial charge in [0.1, 0.15) is 5.60 Å². The first-order chi connectivity index (χ1) is 6.81. The number of carbonyl (C=O) groups is 2. The van der Waals surface area contributed by atoms with E-state index in [4.69, 9.17) is 14.9 Å². The minimum atomic E-state index is -1.45. The SMILES string of the molecule is COC(C)(C)C(=O)NCCC(O)C(=O)O. The van der Waals surface area contributed by atoms with Crippen molar-refractivity contribution in [3.63, 3.8) is 0 Å². The van der Waals surface area contributed by atoms with E-state index in [0.29, 0.717) is 0 Å². The number of carboxylic acid groups (broad SMARTS) is 1. The lowest BCUT2D eigenvalue weighted by Crippen LogP contribution is -2.44. The fourth-order valence-corrected chi connectivity index (χ4v) is 0.751. The molecule has 1 amide bonds. The fraction of sp³-hybridized carbons (Fsp3) is 0.778. The van der Waals surface area contributed by atoms with Crippen molar-refractivity contribution in [3.05, 3.63) is 0 Å². The predicted octanol–water partition coefficient (Wildman–Crippen LogP) is -0.637. The van der Waals surface area contributed by atoms with E-state index in [1.807, 2.05) is 0 Å². The zero-order chi connectivity index (χ0) is 12.1. The van der Waals surface area contributed by atoms with Crippen LogP contribution in [0.2, 0.25) is 0 Å². The van der Waals surface area contributed by atoms with Gasteiger partial charge < -0.3 is 20.3 Å². The largest absolute Gasteiger partial charge is 0.479 e. The number of rotatable bonds is 6. The summed E-state index contributed by atoms with van der Waals surface area (Å²) in [6.07, 6.45) is -1.48. The average molecular weight is 219 g/mol. The number of ether oxygens (including phenoxy) is 1. The van der Waals surface area contributed by atoms with Gasteiger partial charge in [-0.25, -0.2) is 4.79 Å². The summed E-state index contributed by atoms with van der Waals surface area (Å²) in [7, 11) is 1.41. The van der Waals surface area contributed by atoms with Crippen LogP contribution >= 0.6 is 0 Å². The summed E-state index contributed by atoms with van der Waals surface area (Å²) in [5.74, 6) is -1.64. The Balaban J connectivity index is 3.88. The smallest absolute Gasteiger partial charge is 0.332 e. The molecule has 0 radical (unpaired) electrons. The van der Waals surface area contributed by atoms with Crippen LogP contribution < -0.4 is 5.32 Å². The van der Waals surface area contributed by atoms with Crippen LogP contribution in [0, 0.1) is 0 Å². The van der Waals surface area contributed by atoms with E-state index in [-0.39, 0.29) is 18.9 Å². The highest BCUT2D eigenvalue weighted by molar-refractivity contribution is 5.84. The van der Waals surface area contributed by atoms with Crippen molar-refractivity contribution in [2.45, 2.75) is 32.0 Å². The van der Waals surface area contributed by atoms with Crippen molar-refractivity contribution in [1.29, 1.82) is 0 Å². The third-order valence-electron chi connectivity index (χ3n) is 2.05.